The number of carbonyl (C=O) groups excluding carboxylic acids is 1. The molecule has 1 unspecified atom stereocenters. The van der Waals surface area contributed by atoms with Crippen LogP contribution < -0.4 is 5.32 Å². The average molecular weight is 259 g/mol. The highest BCUT2D eigenvalue weighted by atomic mass is 19.1. The first-order valence-corrected chi connectivity index (χ1v) is 5.92. The number of benzene rings is 2. The molecule has 98 valence electrons. The fraction of sp³-hybridized carbons (Fsp3) is 0.133. The van der Waals surface area contributed by atoms with E-state index in [1.807, 2.05) is 30.3 Å². The van der Waals surface area contributed by atoms with Gasteiger partial charge in [-0.25, -0.2) is 4.39 Å². The third kappa shape index (κ3) is 3.63. The van der Waals surface area contributed by atoms with Crippen molar-refractivity contribution in [1.82, 2.24) is 5.32 Å². The Labute approximate surface area is 110 Å². The lowest BCUT2D eigenvalue weighted by molar-refractivity contribution is -0.129. The van der Waals surface area contributed by atoms with Gasteiger partial charge in [0.05, 0.1) is 0 Å². The summed E-state index contributed by atoms with van der Waals surface area (Å²) in [5.41, 5.74) is 1.31. The van der Waals surface area contributed by atoms with Gasteiger partial charge in [0.1, 0.15) is 5.82 Å². The molecule has 4 heteroatoms. The molecule has 1 atom stereocenters. The van der Waals surface area contributed by atoms with Crippen molar-refractivity contribution < 1.29 is 14.3 Å². The van der Waals surface area contributed by atoms with E-state index in [1.165, 1.54) is 24.3 Å². The smallest absolute Gasteiger partial charge is 0.253 e. The first-order chi connectivity index (χ1) is 9.16. The Bertz CT molecular complexity index is 540. The minimum Gasteiger partial charge on any atom is -0.378 e. The highest BCUT2D eigenvalue weighted by Gasteiger charge is 2.16. The van der Waals surface area contributed by atoms with Gasteiger partial charge in [-0.15, -0.1) is 0 Å². The fourth-order valence-electron chi connectivity index (χ4n) is 1.68. The van der Waals surface area contributed by atoms with Crippen molar-refractivity contribution in [2.24, 2.45) is 0 Å². The second-order valence-electron chi connectivity index (χ2n) is 4.16. The van der Waals surface area contributed by atoms with E-state index in [9.17, 15) is 14.3 Å². The number of aliphatic hydroxyl groups is 1. The molecular weight excluding hydrogens is 245 g/mol. The summed E-state index contributed by atoms with van der Waals surface area (Å²) in [4.78, 5) is 11.7. The van der Waals surface area contributed by atoms with Crippen molar-refractivity contribution in [1.29, 1.82) is 0 Å². The van der Waals surface area contributed by atoms with Crippen molar-refractivity contribution >= 4 is 5.91 Å². The van der Waals surface area contributed by atoms with Crippen LogP contribution in [0.2, 0.25) is 0 Å². The molecule has 0 saturated heterocycles. The van der Waals surface area contributed by atoms with Crippen LogP contribution in [0.15, 0.2) is 54.6 Å². The minimum atomic E-state index is -1.29. The van der Waals surface area contributed by atoms with E-state index >= 15 is 0 Å². The molecule has 0 saturated carbocycles. The number of hydrogen-bond donors (Lipinski definition) is 2. The molecule has 0 heterocycles. The van der Waals surface area contributed by atoms with Crippen LogP contribution in [0.1, 0.15) is 17.2 Å². The standard InChI is InChI=1S/C15H14FNO2/c16-13-8-6-12(7-9-13)14(18)15(19)17-10-11-4-2-1-3-5-11/h1-9,14,18H,10H2,(H,17,19). The molecule has 2 rings (SSSR count). The molecular formula is C15H14FNO2. The van der Waals surface area contributed by atoms with Gasteiger partial charge in [-0.2, -0.15) is 0 Å². The van der Waals surface area contributed by atoms with Crippen molar-refractivity contribution in [3.63, 3.8) is 0 Å². The van der Waals surface area contributed by atoms with E-state index in [2.05, 4.69) is 5.32 Å². The van der Waals surface area contributed by atoms with Gasteiger partial charge < -0.3 is 10.4 Å². The molecule has 3 nitrogen and oxygen atoms in total. The van der Waals surface area contributed by atoms with Crippen LogP contribution in [0.25, 0.3) is 0 Å². The van der Waals surface area contributed by atoms with Crippen LogP contribution in [0.4, 0.5) is 4.39 Å². The van der Waals surface area contributed by atoms with Crippen molar-refractivity contribution in [2.75, 3.05) is 0 Å². The molecule has 2 aromatic carbocycles. The Morgan fingerprint density at radius 1 is 1.11 bits per heavy atom. The normalized spacial score (nSPS) is 11.9. The lowest BCUT2D eigenvalue weighted by atomic mass is 10.1. The zero-order valence-corrected chi connectivity index (χ0v) is 10.2. The minimum absolute atomic E-state index is 0.345. The van der Waals surface area contributed by atoms with E-state index in [1.54, 1.807) is 0 Å². The number of nitrogens with one attached hydrogen (secondary N) is 1. The summed E-state index contributed by atoms with van der Waals surface area (Å²) in [5, 5.41) is 12.5. The molecule has 0 aliphatic carbocycles. The molecule has 1 amide bonds. The largest absolute Gasteiger partial charge is 0.378 e. The third-order valence-corrected chi connectivity index (χ3v) is 2.74. The number of amides is 1. The maximum atomic E-state index is 12.7. The van der Waals surface area contributed by atoms with Crippen molar-refractivity contribution in [2.45, 2.75) is 12.6 Å². The molecule has 0 radical (unpaired) electrons. The summed E-state index contributed by atoms with van der Waals surface area (Å²) in [6.45, 7) is 0.345. The van der Waals surface area contributed by atoms with Crippen LogP contribution >= 0.6 is 0 Å². The second-order valence-corrected chi connectivity index (χ2v) is 4.16. The van der Waals surface area contributed by atoms with Gasteiger partial charge in [0.2, 0.25) is 0 Å². The zero-order valence-electron chi connectivity index (χ0n) is 10.2. The van der Waals surface area contributed by atoms with Gasteiger partial charge in [0, 0.05) is 6.54 Å². The molecule has 2 N–H and O–H groups in total. The number of halogens is 1. The summed E-state index contributed by atoms with van der Waals surface area (Å²) >= 11 is 0. The van der Waals surface area contributed by atoms with Crippen LogP contribution in [-0.2, 0) is 11.3 Å². The Morgan fingerprint density at radius 3 is 2.37 bits per heavy atom. The van der Waals surface area contributed by atoms with Gasteiger partial charge in [0.25, 0.3) is 5.91 Å². The highest BCUT2D eigenvalue weighted by Crippen LogP contribution is 2.13. The third-order valence-electron chi connectivity index (χ3n) is 2.74. The first kappa shape index (κ1) is 13.2. The molecule has 0 bridgehead atoms. The lowest BCUT2D eigenvalue weighted by Gasteiger charge is -2.11. The predicted molar refractivity (Wildman–Crippen MR) is 69.6 cm³/mol. The Balaban J connectivity index is 1.94. The van der Waals surface area contributed by atoms with Crippen molar-refractivity contribution in [3.05, 3.63) is 71.5 Å². The van der Waals surface area contributed by atoms with Gasteiger partial charge in [0.15, 0.2) is 6.10 Å². The molecule has 0 fully saturated rings. The topological polar surface area (TPSA) is 49.3 Å². The zero-order chi connectivity index (χ0) is 13.7. The number of rotatable bonds is 4. The van der Waals surface area contributed by atoms with E-state index in [4.69, 9.17) is 0 Å². The molecule has 0 aliphatic heterocycles. The molecule has 19 heavy (non-hydrogen) atoms. The van der Waals surface area contributed by atoms with Gasteiger partial charge in [-0.1, -0.05) is 42.5 Å². The lowest BCUT2D eigenvalue weighted by Crippen LogP contribution is -2.28. The summed E-state index contributed by atoms with van der Waals surface area (Å²) in [6, 6.07) is 14.6. The second kappa shape index (κ2) is 6.11. The van der Waals surface area contributed by atoms with Crippen LogP contribution in [0.5, 0.6) is 0 Å². The quantitative estimate of drug-likeness (QED) is 0.884. The van der Waals surface area contributed by atoms with E-state index in [-0.39, 0.29) is 0 Å². The Hall–Kier alpha value is -2.20. The highest BCUT2D eigenvalue weighted by molar-refractivity contribution is 5.81. The monoisotopic (exact) mass is 259 g/mol. The first-order valence-electron chi connectivity index (χ1n) is 5.92. The van der Waals surface area contributed by atoms with Gasteiger partial charge in [-0.05, 0) is 23.3 Å². The van der Waals surface area contributed by atoms with Crippen molar-refractivity contribution in [3.8, 4) is 0 Å². The summed E-state index contributed by atoms with van der Waals surface area (Å²) in [5.74, 6) is -0.906. The molecule has 0 aliphatic rings. The van der Waals surface area contributed by atoms with Gasteiger partial charge >= 0.3 is 0 Å². The van der Waals surface area contributed by atoms with Gasteiger partial charge in [-0.3, -0.25) is 4.79 Å². The molecule has 0 spiro atoms. The fourth-order valence-corrected chi connectivity index (χ4v) is 1.68. The Morgan fingerprint density at radius 2 is 1.74 bits per heavy atom. The number of carbonyl (C=O) groups is 1. The number of aliphatic hydroxyl groups excluding tert-OH is 1. The maximum Gasteiger partial charge on any atom is 0.253 e. The summed E-state index contributed by atoms with van der Waals surface area (Å²) < 4.78 is 12.7. The van der Waals surface area contributed by atoms with Crippen LogP contribution in [0, 0.1) is 5.82 Å². The van der Waals surface area contributed by atoms with Crippen LogP contribution in [0.3, 0.4) is 0 Å². The van der Waals surface area contributed by atoms with E-state index < -0.39 is 17.8 Å². The van der Waals surface area contributed by atoms with E-state index in [0.29, 0.717) is 12.1 Å². The number of hydrogen-bond acceptors (Lipinski definition) is 2. The maximum absolute atomic E-state index is 12.7. The molecule has 0 aromatic heterocycles. The van der Waals surface area contributed by atoms with E-state index in [0.717, 1.165) is 5.56 Å². The summed E-state index contributed by atoms with van der Waals surface area (Å²) in [6.07, 6.45) is -1.29. The molecule has 2 aromatic rings. The van der Waals surface area contributed by atoms with Crippen LogP contribution in [-0.4, -0.2) is 11.0 Å². The summed E-state index contributed by atoms with van der Waals surface area (Å²) in [7, 11) is 0. The average Bonchev–Trinajstić information content (AvgIpc) is 2.46. The SMILES string of the molecule is O=C(NCc1ccccc1)C(O)c1ccc(F)cc1. The Kier molecular flexibility index (Phi) is 4.26. The predicted octanol–water partition coefficient (Wildman–Crippen LogP) is 2.18.